The van der Waals surface area contributed by atoms with Crippen molar-refractivity contribution in [2.75, 3.05) is 6.54 Å². The average molecular weight is 207 g/mol. The molecule has 0 fully saturated rings. The van der Waals surface area contributed by atoms with Crippen LogP contribution in [-0.4, -0.2) is 17.6 Å². The first kappa shape index (κ1) is 11.7. The summed E-state index contributed by atoms with van der Waals surface area (Å²) in [5.41, 5.74) is 9.67. The van der Waals surface area contributed by atoms with Crippen LogP contribution in [0.25, 0.3) is 0 Å². The molecule has 0 bridgehead atoms. The van der Waals surface area contributed by atoms with Crippen LogP contribution in [0.1, 0.15) is 28.2 Å². The molecule has 82 valence electrons. The molecule has 3 heteroatoms. The predicted molar refractivity (Wildman–Crippen MR) is 60.1 cm³/mol. The highest BCUT2D eigenvalue weighted by Crippen LogP contribution is 2.24. The highest BCUT2D eigenvalue weighted by Gasteiger charge is 2.20. The first-order chi connectivity index (χ1) is 6.99. The zero-order valence-electron chi connectivity index (χ0n) is 9.37. The number of carbonyl (C=O) groups is 1. The molecule has 0 aromatic heterocycles. The van der Waals surface area contributed by atoms with Crippen LogP contribution >= 0.6 is 0 Å². The van der Waals surface area contributed by atoms with Gasteiger partial charge < -0.3 is 10.8 Å². The topological polar surface area (TPSA) is 63.3 Å². The molecule has 3 nitrogen and oxygen atoms in total. The number of carboxylic acid groups (broad SMARTS) is 1. The molecule has 1 unspecified atom stereocenters. The normalized spacial score (nSPS) is 12.5. The van der Waals surface area contributed by atoms with E-state index < -0.39 is 11.9 Å². The van der Waals surface area contributed by atoms with E-state index in [2.05, 4.69) is 0 Å². The lowest BCUT2D eigenvalue weighted by molar-refractivity contribution is -0.138. The van der Waals surface area contributed by atoms with Crippen molar-refractivity contribution in [1.29, 1.82) is 0 Å². The lowest BCUT2D eigenvalue weighted by atomic mass is 9.90. The van der Waals surface area contributed by atoms with E-state index in [1.807, 2.05) is 32.9 Å². The second-order valence-electron chi connectivity index (χ2n) is 3.85. The lowest BCUT2D eigenvalue weighted by Crippen LogP contribution is -2.22. The van der Waals surface area contributed by atoms with E-state index in [0.29, 0.717) is 0 Å². The molecular formula is C12H17NO2. The van der Waals surface area contributed by atoms with Crippen LogP contribution in [0.3, 0.4) is 0 Å². The Hall–Kier alpha value is -1.35. The summed E-state index contributed by atoms with van der Waals surface area (Å²) < 4.78 is 0. The van der Waals surface area contributed by atoms with E-state index in [0.717, 1.165) is 16.7 Å². The van der Waals surface area contributed by atoms with Crippen molar-refractivity contribution in [2.45, 2.75) is 26.7 Å². The van der Waals surface area contributed by atoms with Crippen molar-refractivity contribution in [3.05, 3.63) is 34.4 Å². The summed E-state index contributed by atoms with van der Waals surface area (Å²) in [6.45, 7) is 6.11. The summed E-state index contributed by atoms with van der Waals surface area (Å²) >= 11 is 0. The predicted octanol–water partition coefficient (Wildman–Crippen LogP) is 1.74. The van der Waals surface area contributed by atoms with Gasteiger partial charge in [0.25, 0.3) is 0 Å². The van der Waals surface area contributed by atoms with Crippen molar-refractivity contribution in [3.8, 4) is 0 Å². The van der Waals surface area contributed by atoms with E-state index in [-0.39, 0.29) is 6.54 Å². The maximum absolute atomic E-state index is 11.0. The van der Waals surface area contributed by atoms with E-state index in [4.69, 9.17) is 10.8 Å². The maximum Gasteiger partial charge on any atom is 0.312 e. The molecule has 3 N–H and O–H groups in total. The Labute approximate surface area is 89.9 Å². The van der Waals surface area contributed by atoms with Crippen LogP contribution in [0.4, 0.5) is 0 Å². The molecular weight excluding hydrogens is 190 g/mol. The van der Waals surface area contributed by atoms with Gasteiger partial charge in [0, 0.05) is 6.54 Å². The molecule has 0 heterocycles. The molecule has 0 spiro atoms. The van der Waals surface area contributed by atoms with Gasteiger partial charge in [0.15, 0.2) is 0 Å². The number of aryl methyl sites for hydroxylation is 1. The number of hydrogen-bond donors (Lipinski definition) is 2. The third kappa shape index (κ3) is 2.18. The molecule has 0 radical (unpaired) electrons. The van der Waals surface area contributed by atoms with Crippen LogP contribution in [0.2, 0.25) is 0 Å². The average Bonchev–Trinajstić information content (AvgIpc) is 2.18. The van der Waals surface area contributed by atoms with Crippen molar-refractivity contribution in [2.24, 2.45) is 5.73 Å². The molecule has 0 saturated heterocycles. The van der Waals surface area contributed by atoms with Crippen LogP contribution in [0.15, 0.2) is 12.1 Å². The fourth-order valence-corrected chi connectivity index (χ4v) is 1.72. The zero-order valence-corrected chi connectivity index (χ0v) is 9.37. The van der Waals surface area contributed by atoms with E-state index in [1.54, 1.807) is 0 Å². The van der Waals surface area contributed by atoms with E-state index in [9.17, 15) is 4.79 Å². The first-order valence-electron chi connectivity index (χ1n) is 4.98. The smallest absolute Gasteiger partial charge is 0.312 e. The minimum atomic E-state index is -0.858. The third-order valence-electron chi connectivity index (χ3n) is 3.01. The summed E-state index contributed by atoms with van der Waals surface area (Å²) in [5, 5.41) is 9.03. The molecule has 1 atom stereocenters. The minimum Gasteiger partial charge on any atom is -0.481 e. The summed E-state index contributed by atoms with van der Waals surface area (Å²) in [5.74, 6) is -1.45. The van der Waals surface area contributed by atoms with Crippen LogP contribution in [0, 0.1) is 20.8 Å². The molecule has 0 aliphatic heterocycles. The summed E-state index contributed by atoms with van der Waals surface area (Å²) in [6.07, 6.45) is 0. The second-order valence-corrected chi connectivity index (χ2v) is 3.85. The van der Waals surface area contributed by atoms with Gasteiger partial charge in [-0.25, -0.2) is 0 Å². The second kappa shape index (κ2) is 4.45. The summed E-state index contributed by atoms with van der Waals surface area (Å²) in [7, 11) is 0. The standard InChI is InChI=1S/C12H17NO2/c1-7-4-5-10(9(3)8(7)2)11(6-13)12(14)15/h4-5,11H,6,13H2,1-3H3,(H,14,15). The number of hydrogen-bond acceptors (Lipinski definition) is 2. The third-order valence-corrected chi connectivity index (χ3v) is 3.01. The van der Waals surface area contributed by atoms with Gasteiger partial charge in [-0.1, -0.05) is 12.1 Å². The Morgan fingerprint density at radius 1 is 1.33 bits per heavy atom. The number of rotatable bonds is 3. The van der Waals surface area contributed by atoms with E-state index >= 15 is 0 Å². The number of nitrogens with two attached hydrogens (primary N) is 1. The molecule has 1 aromatic carbocycles. The van der Waals surface area contributed by atoms with Crippen molar-refractivity contribution >= 4 is 5.97 Å². The molecule has 0 amide bonds. The molecule has 15 heavy (non-hydrogen) atoms. The first-order valence-corrected chi connectivity index (χ1v) is 4.98. The van der Waals surface area contributed by atoms with Gasteiger partial charge in [0.05, 0.1) is 5.92 Å². The van der Waals surface area contributed by atoms with Crippen molar-refractivity contribution < 1.29 is 9.90 Å². The van der Waals surface area contributed by atoms with Crippen LogP contribution < -0.4 is 5.73 Å². The van der Waals surface area contributed by atoms with Gasteiger partial charge in [-0.15, -0.1) is 0 Å². The number of carboxylic acids is 1. The van der Waals surface area contributed by atoms with Crippen molar-refractivity contribution in [3.63, 3.8) is 0 Å². The largest absolute Gasteiger partial charge is 0.481 e. The number of benzene rings is 1. The Bertz CT molecular complexity index is 385. The van der Waals surface area contributed by atoms with Crippen LogP contribution in [-0.2, 0) is 4.79 Å². The van der Waals surface area contributed by atoms with Gasteiger partial charge >= 0.3 is 5.97 Å². The van der Waals surface area contributed by atoms with Crippen molar-refractivity contribution in [1.82, 2.24) is 0 Å². The fraction of sp³-hybridized carbons (Fsp3) is 0.417. The molecule has 1 aromatic rings. The molecule has 0 aliphatic carbocycles. The molecule has 1 rings (SSSR count). The maximum atomic E-state index is 11.0. The minimum absolute atomic E-state index is 0.138. The SMILES string of the molecule is Cc1ccc(C(CN)C(=O)O)c(C)c1C. The molecule has 0 saturated carbocycles. The highest BCUT2D eigenvalue weighted by atomic mass is 16.4. The van der Waals surface area contributed by atoms with Gasteiger partial charge in [0.2, 0.25) is 0 Å². The Morgan fingerprint density at radius 3 is 2.40 bits per heavy atom. The van der Waals surface area contributed by atoms with Gasteiger partial charge in [0.1, 0.15) is 0 Å². The van der Waals surface area contributed by atoms with Gasteiger partial charge in [-0.05, 0) is 43.0 Å². The van der Waals surface area contributed by atoms with E-state index in [1.165, 1.54) is 5.56 Å². The summed E-state index contributed by atoms with van der Waals surface area (Å²) in [6, 6.07) is 3.81. The Kier molecular flexibility index (Phi) is 3.48. The van der Waals surface area contributed by atoms with Gasteiger partial charge in [-0.3, -0.25) is 4.79 Å². The Balaban J connectivity index is 3.25. The van der Waals surface area contributed by atoms with Gasteiger partial charge in [-0.2, -0.15) is 0 Å². The molecule has 0 aliphatic rings. The van der Waals surface area contributed by atoms with Crippen LogP contribution in [0.5, 0.6) is 0 Å². The summed E-state index contributed by atoms with van der Waals surface area (Å²) in [4.78, 5) is 11.0. The monoisotopic (exact) mass is 207 g/mol. The zero-order chi connectivity index (χ0) is 11.6. The lowest BCUT2D eigenvalue weighted by Gasteiger charge is -2.16. The highest BCUT2D eigenvalue weighted by molar-refractivity contribution is 5.77. The fourth-order valence-electron chi connectivity index (χ4n) is 1.72. The Morgan fingerprint density at radius 2 is 1.93 bits per heavy atom. The number of aliphatic carboxylic acids is 1. The quantitative estimate of drug-likeness (QED) is 0.793.